The molecule has 0 unspecified atom stereocenters. The zero-order chi connectivity index (χ0) is 19.7. The standard InChI is InChI=1S/C22H19ClN2O3/c1-28-20-10-7-15(23)13-17(20)24-22(27)16-11-12-25-18(16)8-9-19(25)21(26)14-5-3-2-4-6-14/h2-10,13,16H,11-12H2,1H3,(H,24,27)/t16-/m1/s1. The summed E-state index contributed by atoms with van der Waals surface area (Å²) in [5, 5.41) is 3.42. The number of benzene rings is 2. The molecular formula is C22H19ClN2O3. The highest BCUT2D eigenvalue weighted by Gasteiger charge is 2.32. The predicted octanol–water partition coefficient (Wildman–Crippen LogP) is 4.51. The van der Waals surface area contributed by atoms with Crippen LogP contribution in [0.25, 0.3) is 0 Å². The minimum Gasteiger partial charge on any atom is -0.495 e. The molecule has 5 nitrogen and oxygen atoms in total. The summed E-state index contributed by atoms with van der Waals surface area (Å²) in [5.74, 6) is 0.0348. The van der Waals surface area contributed by atoms with Gasteiger partial charge in [0.25, 0.3) is 0 Å². The molecule has 4 rings (SSSR count). The number of fused-ring (bicyclic) bond motifs is 1. The average molecular weight is 395 g/mol. The number of nitrogens with zero attached hydrogens (tertiary/aromatic N) is 1. The largest absolute Gasteiger partial charge is 0.495 e. The molecule has 1 N–H and O–H groups in total. The number of aromatic nitrogens is 1. The lowest BCUT2D eigenvalue weighted by atomic mass is 10.0. The summed E-state index contributed by atoms with van der Waals surface area (Å²) in [6.07, 6.45) is 0.639. The van der Waals surface area contributed by atoms with Crippen molar-refractivity contribution in [1.29, 1.82) is 0 Å². The summed E-state index contributed by atoms with van der Waals surface area (Å²) >= 11 is 6.05. The molecule has 0 aliphatic carbocycles. The third-order valence-electron chi connectivity index (χ3n) is 5.02. The number of hydrogen-bond donors (Lipinski definition) is 1. The number of ether oxygens (including phenoxy) is 1. The molecule has 142 valence electrons. The summed E-state index contributed by atoms with van der Waals surface area (Å²) in [6, 6.07) is 17.9. The third kappa shape index (κ3) is 3.29. The highest BCUT2D eigenvalue weighted by Crippen LogP contribution is 2.34. The van der Waals surface area contributed by atoms with E-state index in [-0.39, 0.29) is 17.6 Å². The second-order valence-corrected chi connectivity index (χ2v) is 7.10. The van der Waals surface area contributed by atoms with Crippen molar-refractivity contribution in [3.8, 4) is 5.75 Å². The van der Waals surface area contributed by atoms with E-state index in [1.54, 1.807) is 43.5 Å². The van der Waals surface area contributed by atoms with Gasteiger partial charge in [-0.2, -0.15) is 0 Å². The Bertz CT molecular complexity index is 1040. The first-order valence-electron chi connectivity index (χ1n) is 9.02. The fourth-order valence-corrected chi connectivity index (χ4v) is 3.81. The van der Waals surface area contributed by atoms with Gasteiger partial charge >= 0.3 is 0 Å². The number of anilines is 1. The lowest BCUT2D eigenvalue weighted by Crippen LogP contribution is -2.19. The van der Waals surface area contributed by atoms with Gasteiger partial charge in [-0.25, -0.2) is 0 Å². The maximum atomic E-state index is 12.9. The number of halogens is 1. The third-order valence-corrected chi connectivity index (χ3v) is 5.25. The first kappa shape index (κ1) is 18.3. The van der Waals surface area contributed by atoms with Gasteiger partial charge in [0.2, 0.25) is 11.7 Å². The van der Waals surface area contributed by atoms with Crippen molar-refractivity contribution in [3.63, 3.8) is 0 Å². The van der Waals surface area contributed by atoms with Gasteiger partial charge in [-0.15, -0.1) is 0 Å². The number of nitrogens with one attached hydrogen (secondary N) is 1. The highest BCUT2D eigenvalue weighted by molar-refractivity contribution is 6.31. The first-order valence-corrected chi connectivity index (χ1v) is 9.40. The lowest BCUT2D eigenvalue weighted by molar-refractivity contribution is -0.117. The Morgan fingerprint density at radius 2 is 1.89 bits per heavy atom. The fraction of sp³-hybridized carbons (Fsp3) is 0.182. The number of methoxy groups -OCH3 is 1. The van der Waals surface area contributed by atoms with E-state index in [1.165, 1.54) is 0 Å². The van der Waals surface area contributed by atoms with Gasteiger partial charge in [-0.3, -0.25) is 9.59 Å². The molecule has 0 saturated carbocycles. The van der Waals surface area contributed by atoms with Crippen molar-refractivity contribution in [2.24, 2.45) is 0 Å². The van der Waals surface area contributed by atoms with Crippen molar-refractivity contribution >= 4 is 29.0 Å². The molecule has 0 spiro atoms. The van der Waals surface area contributed by atoms with Crippen LogP contribution in [-0.2, 0) is 11.3 Å². The second-order valence-electron chi connectivity index (χ2n) is 6.67. The number of carbonyl (C=O) groups excluding carboxylic acids is 2. The van der Waals surface area contributed by atoms with E-state index in [1.807, 2.05) is 28.8 Å². The molecule has 3 aromatic rings. The fourth-order valence-electron chi connectivity index (χ4n) is 3.64. The number of carbonyl (C=O) groups is 2. The molecule has 1 amide bonds. The molecule has 1 aromatic heterocycles. The number of hydrogen-bond acceptors (Lipinski definition) is 3. The highest BCUT2D eigenvalue weighted by atomic mass is 35.5. The Hall–Kier alpha value is -3.05. The van der Waals surface area contributed by atoms with E-state index in [0.717, 1.165) is 5.69 Å². The first-order chi connectivity index (χ1) is 13.6. The Morgan fingerprint density at radius 1 is 1.11 bits per heavy atom. The molecule has 0 saturated heterocycles. The Morgan fingerprint density at radius 3 is 2.64 bits per heavy atom. The topological polar surface area (TPSA) is 60.3 Å². The van der Waals surface area contributed by atoms with E-state index in [0.29, 0.717) is 40.7 Å². The minimum atomic E-state index is -0.332. The second kappa shape index (κ2) is 7.52. The maximum absolute atomic E-state index is 12.9. The van der Waals surface area contributed by atoms with Crippen LogP contribution in [0.2, 0.25) is 5.02 Å². The van der Waals surface area contributed by atoms with Gasteiger partial charge in [-0.1, -0.05) is 41.9 Å². The van der Waals surface area contributed by atoms with E-state index in [4.69, 9.17) is 16.3 Å². The lowest BCUT2D eigenvalue weighted by Gasteiger charge is -2.14. The summed E-state index contributed by atoms with van der Waals surface area (Å²) in [5.41, 5.74) is 2.63. The average Bonchev–Trinajstić information content (AvgIpc) is 3.30. The van der Waals surface area contributed by atoms with Crippen LogP contribution in [0.1, 0.15) is 34.1 Å². The van der Waals surface area contributed by atoms with Crippen LogP contribution in [-0.4, -0.2) is 23.4 Å². The quantitative estimate of drug-likeness (QED) is 0.648. The Labute approximate surface area is 167 Å². The maximum Gasteiger partial charge on any atom is 0.233 e. The Balaban J connectivity index is 1.58. The van der Waals surface area contributed by atoms with Crippen LogP contribution in [0.5, 0.6) is 5.75 Å². The molecule has 1 atom stereocenters. The molecule has 2 aromatic carbocycles. The molecule has 1 aliphatic rings. The van der Waals surface area contributed by atoms with Crippen molar-refractivity contribution in [3.05, 3.63) is 82.6 Å². The molecule has 1 aliphatic heterocycles. The molecule has 28 heavy (non-hydrogen) atoms. The van der Waals surface area contributed by atoms with Gasteiger partial charge in [-0.05, 0) is 36.8 Å². The molecule has 0 fully saturated rings. The van der Waals surface area contributed by atoms with Gasteiger partial charge < -0.3 is 14.6 Å². The van der Waals surface area contributed by atoms with Crippen LogP contribution >= 0.6 is 11.6 Å². The zero-order valence-electron chi connectivity index (χ0n) is 15.3. The number of amides is 1. The Kier molecular flexibility index (Phi) is 4.92. The van der Waals surface area contributed by atoms with Crippen molar-refractivity contribution in [2.45, 2.75) is 18.9 Å². The normalized spacial score (nSPS) is 15.1. The van der Waals surface area contributed by atoms with Crippen molar-refractivity contribution < 1.29 is 14.3 Å². The molecule has 0 radical (unpaired) electrons. The van der Waals surface area contributed by atoms with Gasteiger partial charge in [0.1, 0.15) is 5.75 Å². The monoisotopic (exact) mass is 394 g/mol. The smallest absolute Gasteiger partial charge is 0.233 e. The van der Waals surface area contributed by atoms with Crippen LogP contribution in [0.3, 0.4) is 0 Å². The molecular weight excluding hydrogens is 376 g/mol. The molecule has 0 bridgehead atoms. The van der Waals surface area contributed by atoms with Crippen LogP contribution in [0.15, 0.2) is 60.7 Å². The predicted molar refractivity (Wildman–Crippen MR) is 108 cm³/mol. The number of ketones is 1. The van der Waals surface area contributed by atoms with Gasteiger partial charge in [0, 0.05) is 22.8 Å². The van der Waals surface area contributed by atoms with E-state index < -0.39 is 0 Å². The van der Waals surface area contributed by atoms with E-state index in [2.05, 4.69) is 5.32 Å². The summed E-state index contributed by atoms with van der Waals surface area (Å²) in [6.45, 7) is 0.626. The zero-order valence-corrected chi connectivity index (χ0v) is 16.1. The van der Waals surface area contributed by atoms with Crippen LogP contribution < -0.4 is 10.1 Å². The number of rotatable bonds is 5. The van der Waals surface area contributed by atoms with Crippen LogP contribution in [0, 0.1) is 0 Å². The molecule has 6 heteroatoms. The van der Waals surface area contributed by atoms with Gasteiger partial charge in [0.15, 0.2) is 0 Å². The van der Waals surface area contributed by atoms with Crippen LogP contribution in [0.4, 0.5) is 5.69 Å². The SMILES string of the molecule is COc1ccc(Cl)cc1NC(=O)[C@@H]1CCn2c(C(=O)c3ccccc3)ccc21. The van der Waals surface area contributed by atoms with E-state index in [9.17, 15) is 9.59 Å². The summed E-state index contributed by atoms with van der Waals surface area (Å²) < 4.78 is 7.23. The van der Waals surface area contributed by atoms with E-state index >= 15 is 0 Å². The summed E-state index contributed by atoms with van der Waals surface area (Å²) in [7, 11) is 1.54. The minimum absolute atomic E-state index is 0.0376. The summed E-state index contributed by atoms with van der Waals surface area (Å²) in [4.78, 5) is 25.7. The van der Waals surface area contributed by atoms with Crippen molar-refractivity contribution in [1.82, 2.24) is 4.57 Å². The van der Waals surface area contributed by atoms with Gasteiger partial charge in [0.05, 0.1) is 24.4 Å². The molecule has 2 heterocycles. The van der Waals surface area contributed by atoms with Crippen molar-refractivity contribution in [2.75, 3.05) is 12.4 Å².